The van der Waals surface area contributed by atoms with Gasteiger partial charge in [0.15, 0.2) is 0 Å². The fourth-order valence-electron chi connectivity index (χ4n) is 2.82. The number of aromatic nitrogens is 2. The number of nitrogens with one attached hydrogen (secondary N) is 1. The van der Waals surface area contributed by atoms with Crippen LogP contribution in [0.1, 0.15) is 30.5 Å². The molecule has 1 amide bonds. The van der Waals surface area contributed by atoms with Crippen LogP contribution in [0.15, 0.2) is 40.5 Å². The second-order valence-electron chi connectivity index (χ2n) is 6.07. The molecule has 0 bridgehead atoms. The monoisotopic (exact) mass is 389 g/mol. The average molecular weight is 390 g/mol. The van der Waals surface area contributed by atoms with E-state index in [1.807, 2.05) is 24.4 Å². The van der Waals surface area contributed by atoms with E-state index in [0.717, 1.165) is 12.8 Å². The number of carbonyl (C=O) groups is 1. The zero-order chi connectivity index (χ0) is 18.5. The number of hydrogen-bond donors (Lipinski definition) is 1. The Labute approximate surface area is 160 Å². The molecule has 2 heterocycles. The number of rotatable bonds is 7. The lowest BCUT2D eigenvalue weighted by atomic mass is 10.2. The predicted octanol–water partition coefficient (Wildman–Crippen LogP) is 4.01. The molecular weight excluding hydrogens is 370 g/mol. The molecule has 0 saturated heterocycles. The molecule has 0 spiro atoms. The number of benzene rings is 1. The van der Waals surface area contributed by atoms with Gasteiger partial charge in [-0.3, -0.25) is 9.59 Å². The van der Waals surface area contributed by atoms with Crippen LogP contribution in [0.3, 0.4) is 0 Å². The van der Waals surface area contributed by atoms with Crippen LogP contribution >= 0.6 is 22.9 Å². The molecule has 3 aromatic rings. The van der Waals surface area contributed by atoms with Crippen LogP contribution in [0.25, 0.3) is 10.9 Å². The van der Waals surface area contributed by atoms with Gasteiger partial charge in [-0.05, 0) is 42.5 Å². The summed E-state index contributed by atoms with van der Waals surface area (Å²) in [7, 11) is 0. The van der Waals surface area contributed by atoms with Crippen LogP contribution < -0.4 is 5.56 Å². The van der Waals surface area contributed by atoms with Crippen molar-refractivity contribution in [3.05, 3.63) is 61.8 Å². The molecule has 0 unspecified atom stereocenters. The van der Waals surface area contributed by atoms with Crippen molar-refractivity contribution in [1.29, 1.82) is 0 Å². The topological polar surface area (TPSA) is 66.1 Å². The average Bonchev–Trinajstić information content (AvgIpc) is 3.12. The highest BCUT2D eigenvalue weighted by Gasteiger charge is 2.15. The second-order valence-corrected chi connectivity index (χ2v) is 7.54. The predicted molar refractivity (Wildman–Crippen MR) is 106 cm³/mol. The van der Waals surface area contributed by atoms with E-state index < -0.39 is 0 Å². The summed E-state index contributed by atoms with van der Waals surface area (Å²) >= 11 is 7.66. The smallest absolute Gasteiger partial charge is 0.258 e. The first-order valence-electron chi connectivity index (χ1n) is 8.55. The van der Waals surface area contributed by atoms with Crippen LogP contribution in [0.2, 0.25) is 5.02 Å². The Morgan fingerprint density at radius 3 is 2.92 bits per heavy atom. The zero-order valence-corrected chi connectivity index (χ0v) is 16.1. The molecule has 1 aromatic carbocycles. The highest BCUT2D eigenvalue weighted by atomic mass is 35.5. The van der Waals surface area contributed by atoms with Gasteiger partial charge in [0.25, 0.3) is 5.56 Å². The van der Waals surface area contributed by atoms with E-state index in [-0.39, 0.29) is 18.0 Å². The maximum atomic E-state index is 12.6. The van der Waals surface area contributed by atoms with Crippen LogP contribution in [0.4, 0.5) is 0 Å². The summed E-state index contributed by atoms with van der Waals surface area (Å²) in [5.41, 5.74) is 0.322. The van der Waals surface area contributed by atoms with Gasteiger partial charge >= 0.3 is 0 Å². The summed E-state index contributed by atoms with van der Waals surface area (Å²) in [6.45, 7) is 2.94. The van der Waals surface area contributed by atoms with Crippen molar-refractivity contribution >= 4 is 39.7 Å². The molecule has 0 aliphatic carbocycles. The summed E-state index contributed by atoms with van der Waals surface area (Å²) in [6.07, 6.45) is 2.02. The van der Waals surface area contributed by atoms with Gasteiger partial charge in [-0.15, -0.1) is 11.3 Å². The fraction of sp³-hybridized carbons (Fsp3) is 0.316. The van der Waals surface area contributed by atoms with Crippen molar-refractivity contribution in [3.63, 3.8) is 0 Å². The highest BCUT2D eigenvalue weighted by Crippen LogP contribution is 2.16. The molecule has 7 heteroatoms. The van der Waals surface area contributed by atoms with Gasteiger partial charge in [0.1, 0.15) is 5.82 Å². The normalized spacial score (nSPS) is 11.0. The van der Waals surface area contributed by atoms with Gasteiger partial charge in [0.2, 0.25) is 5.91 Å². The van der Waals surface area contributed by atoms with Crippen molar-refractivity contribution in [2.24, 2.45) is 0 Å². The third-order valence-electron chi connectivity index (χ3n) is 4.07. The number of aryl methyl sites for hydroxylation is 1. The Kier molecular flexibility index (Phi) is 6.06. The van der Waals surface area contributed by atoms with Crippen molar-refractivity contribution in [1.82, 2.24) is 14.9 Å². The molecular formula is C19H20ClN3O2S. The molecule has 136 valence electrons. The lowest BCUT2D eigenvalue weighted by Crippen LogP contribution is -2.33. The summed E-state index contributed by atoms with van der Waals surface area (Å²) in [4.78, 5) is 35.1. The van der Waals surface area contributed by atoms with E-state index in [4.69, 9.17) is 11.6 Å². The van der Waals surface area contributed by atoms with Gasteiger partial charge in [-0.25, -0.2) is 4.98 Å². The molecule has 26 heavy (non-hydrogen) atoms. The summed E-state index contributed by atoms with van der Waals surface area (Å²) in [6, 6.07) is 9.01. The first-order valence-corrected chi connectivity index (χ1v) is 9.81. The summed E-state index contributed by atoms with van der Waals surface area (Å²) in [5.74, 6) is 0.539. The minimum atomic E-state index is -0.218. The van der Waals surface area contributed by atoms with Gasteiger partial charge in [-0.1, -0.05) is 24.6 Å². The number of nitrogens with zero attached hydrogens (tertiary/aromatic N) is 2. The van der Waals surface area contributed by atoms with Crippen LogP contribution in [0, 0.1) is 0 Å². The van der Waals surface area contributed by atoms with Gasteiger partial charge in [-0.2, -0.15) is 0 Å². The van der Waals surface area contributed by atoms with E-state index in [1.165, 1.54) is 4.88 Å². The molecule has 0 atom stereocenters. The van der Waals surface area contributed by atoms with Gasteiger partial charge in [0.05, 0.1) is 17.4 Å². The Hall–Kier alpha value is -2.18. The lowest BCUT2D eigenvalue weighted by molar-refractivity contribution is -0.131. The molecule has 0 aliphatic rings. The van der Waals surface area contributed by atoms with Gasteiger partial charge < -0.3 is 9.88 Å². The van der Waals surface area contributed by atoms with Crippen molar-refractivity contribution in [2.45, 2.75) is 32.7 Å². The minimum Gasteiger partial charge on any atom is -0.335 e. The maximum absolute atomic E-state index is 12.6. The Bertz CT molecular complexity index is 953. The van der Waals surface area contributed by atoms with Gasteiger partial charge in [0, 0.05) is 22.9 Å². The maximum Gasteiger partial charge on any atom is 0.258 e. The van der Waals surface area contributed by atoms with E-state index >= 15 is 0 Å². The molecule has 1 N–H and O–H groups in total. The number of fused-ring (bicyclic) bond motifs is 1. The molecule has 0 fully saturated rings. The van der Waals surface area contributed by atoms with Crippen LogP contribution in [-0.4, -0.2) is 27.3 Å². The second kappa shape index (κ2) is 8.47. The largest absolute Gasteiger partial charge is 0.335 e. The van der Waals surface area contributed by atoms with E-state index in [0.29, 0.717) is 34.7 Å². The Morgan fingerprint density at radius 2 is 2.19 bits per heavy atom. The lowest BCUT2D eigenvalue weighted by Gasteiger charge is -2.21. The van der Waals surface area contributed by atoms with Crippen LogP contribution in [-0.2, 0) is 17.8 Å². The molecule has 5 nitrogen and oxygen atoms in total. The minimum absolute atomic E-state index is 0.0640. The molecule has 0 aliphatic heterocycles. The molecule has 0 radical (unpaired) electrons. The zero-order valence-electron chi connectivity index (χ0n) is 14.5. The fourth-order valence-corrected chi connectivity index (χ4v) is 3.70. The number of hydrogen-bond acceptors (Lipinski definition) is 4. The SMILES string of the molecule is CCCN(Cc1nc2cc(Cl)ccc2c(=O)[nH]1)C(=O)CCc1cccs1. The Balaban J connectivity index is 1.77. The summed E-state index contributed by atoms with van der Waals surface area (Å²) in [5, 5.41) is 3.03. The van der Waals surface area contributed by atoms with Crippen LogP contribution in [0.5, 0.6) is 0 Å². The van der Waals surface area contributed by atoms with Crippen molar-refractivity contribution < 1.29 is 4.79 Å². The number of amides is 1. The number of thiophene rings is 1. The van der Waals surface area contributed by atoms with E-state index in [9.17, 15) is 9.59 Å². The number of carbonyl (C=O) groups excluding carboxylic acids is 1. The van der Waals surface area contributed by atoms with E-state index in [2.05, 4.69) is 9.97 Å². The number of halogens is 1. The van der Waals surface area contributed by atoms with Crippen molar-refractivity contribution in [3.8, 4) is 0 Å². The third-order valence-corrected chi connectivity index (χ3v) is 5.24. The third kappa shape index (κ3) is 4.51. The highest BCUT2D eigenvalue weighted by molar-refractivity contribution is 7.09. The van der Waals surface area contributed by atoms with Crippen molar-refractivity contribution in [2.75, 3.05) is 6.54 Å². The molecule has 3 rings (SSSR count). The van der Waals surface area contributed by atoms with E-state index in [1.54, 1.807) is 34.4 Å². The standard InChI is InChI=1S/C19H20ClN3O2S/c1-2-9-23(18(24)8-6-14-4-3-10-26-14)12-17-21-16-11-13(20)5-7-15(16)19(25)22-17/h3-5,7,10-11H,2,6,8-9,12H2,1H3,(H,21,22,25). The first-order chi connectivity index (χ1) is 12.6. The quantitative estimate of drug-likeness (QED) is 0.663. The molecule has 2 aromatic heterocycles. The first kappa shape index (κ1) is 18.6. The number of aromatic amines is 1. The number of H-pyrrole nitrogens is 1. The Morgan fingerprint density at radius 1 is 1.35 bits per heavy atom. The summed E-state index contributed by atoms with van der Waals surface area (Å²) < 4.78 is 0. The molecule has 0 saturated carbocycles.